The molecule has 0 fully saturated rings. The summed E-state index contributed by atoms with van der Waals surface area (Å²) in [6.07, 6.45) is 6.96. The molecule has 0 saturated carbocycles. The molecule has 2 aromatic carbocycles. The first-order valence-corrected chi connectivity index (χ1v) is 8.70. The van der Waals surface area contributed by atoms with E-state index in [9.17, 15) is 0 Å². The molecule has 0 radical (unpaired) electrons. The van der Waals surface area contributed by atoms with Crippen molar-refractivity contribution in [1.82, 2.24) is 24.8 Å². The Kier molecular flexibility index (Phi) is 4.72. The Morgan fingerprint density at radius 2 is 1.78 bits per heavy atom. The summed E-state index contributed by atoms with van der Waals surface area (Å²) in [5.41, 5.74) is 5.12. The Balaban J connectivity index is 1.59. The van der Waals surface area contributed by atoms with E-state index < -0.39 is 0 Å². The molecule has 0 aliphatic carbocycles. The molecule has 0 amide bonds. The number of nitrogens with zero attached hydrogens (tertiary/aromatic N) is 5. The molecule has 6 nitrogen and oxygen atoms in total. The molecule has 4 aromatic rings. The number of anilines is 2. The van der Waals surface area contributed by atoms with Gasteiger partial charge in [0.1, 0.15) is 6.33 Å². The van der Waals surface area contributed by atoms with Crippen LogP contribution in [0.15, 0.2) is 67.4 Å². The Hall–Kier alpha value is -3.38. The van der Waals surface area contributed by atoms with Crippen LogP contribution in [0, 0.1) is 0 Å². The van der Waals surface area contributed by atoms with Crippen LogP contribution in [0.1, 0.15) is 5.56 Å². The van der Waals surface area contributed by atoms with Crippen LogP contribution in [0.2, 0.25) is 0 Å². The van der Waals surface area contributed by atoms with Crippen molar-refractivity contribution in [2.75, 3.05) is 19.4 Å². The van der Waals surface area contributed by atoms with Gasteiger partial charge in [0.15, 0.2) is 0 Å². The van der Waals surface area contributed by atoms with Crippen LogP contribution in [-0.2, 0) is 6.54 Å². The van der Waals surface area contributed by atoms with Crippen molar-refractivity contribution < 1.29 is 0 Å². The fourth-order valence-electron chi connectivity index (χ4n) is 2.96. The van der Waals surface area contributed by atoms with Gasteiger partial charge in [-0.3, -0.25) is 0 Å². The molecule has 6 heteroatoms. The summed E-state index contributed by atoms with van der Waals surface area (Å²) in [4.78, 5) is 19.4. The molecule has 27 heavy (non-hydrogen) atoms. The summed E-state index contributed by atoms with van der Waals surface area (Å²) in [5, 5.41) is 4.27. The second-order valence-electron chi connectivity index (χ2n) is 6.66. The summed E-state index contributed by atoms with van der Waals surface area (Å²) < 4.78 is 0. The normalized spacial score (nSPS) is 11.1. The van der Waals surface area contributed by atoms with Crippen LogP contribution >= 0.6 is 0 Å². The van der Waals surface area contributed by atoms with Crippen LogP contribution in [0.25, 0.3) is 22.0 Å². The number of hydrogen-bond donors (Lipinski definition) is 1. The highest BCUT2D eigenvalue weighted by Gasteiger charge is 2.05. The highest BCUT2D eigenvalue weighted by atomic mass is 15.1. The van der Waals surface area contributed by atoms with E-state index in [-0.39, 0.29) is 0 Å². The monoisotopic (exact) mass is 356 g/mol. The van der Waals surface area contributed by atoms with Crippen LogP contribution < -0.4 is 5.32 Å². The molecule has 0 atom stereocenters. The van der Waals surface area contributed by atoms with Crippen molar-refractivity contribution in [1.29, 1.82) is 0 Å². The second kappa shape index (κ2) is 7.47. The van der Waals surface area contributed by atoms with E-state index in [0.29, 0.717) is 5.95 Å². The summed E-state index contributed by atoms with van der Waals surface area (Å²) in [6, 6.07) is 14.4. The van der Waals surface area contributed by atoms with Gasteiger partial charge in [0.25, 0.3) is 0 Å². The average molecular weight is 356 g/mol. The standard InChI is InChI=1S/C21H20N6/c1-27(2)13-15-4-3-5-19(8-15)25-21-24-12-17-9-16(6-7-20(17)26-21)18-10-22-14-23-11-18/h3-12,14H,13H2,1-2H3,(H,24,25,26). The van der Waals surface area contributed by atoms with E-state index in [1.54, 1.807) is 12.4 Å². The predicted molar refractivity (Wildman–Crippen MR) is 108 cm³/mol. The number of rotatable bonds is 5. The fraction of sp³-hybridized carbons (Fsp3) is 0.143. The van der Waals surface area contributed by atoms with Gasteiger partial charge >= 0.3 is 0 Å². The Labute approximate surface area is 158 Å². The number of hydrogen-bond acceptors (Lipinski definition) is 6. The molecule has 0 saturated heterocycles. The van der Waals surface area contributed by atoms with E-state index in [1.807, 2.05) is 30.5 Å². The summed E-state index contributed by atoms with van der Waals surface area (Å²) >= 11 is 0. The fourth-order valence-corrected chi connectivity index (χ4v) is 2.96. The van der Waals surface area contributed by atoms with Crippen molar-refractivity contribution in [3.05, 3.63) is 72.9 Å². The third-order valence-electron chi connectivity index (χ3n) is 4.16. The van der Waals surface area contributed by atoms with Gasteiger partial charge in [-0.05, 0) is 49.5 Å². The zero-order valence-corrected chi connectivity index (χ0v) is 15.3. The molecule has 0 bridgehead atoms. The van der Waals surface area contributed by atoms with Gasteiger partial charge in [0, 0.05) is 41.8 Å². The number of benzene rings is 2. The summed E-state index contributed by atoms with van der Waals surface area (Å²) in [7, 11) is 4.12. The zero-order valence-electron chi connectivity index (χ0n) is 15.3. The van der Waals surface area contributed by atoms with Gasteiger partial charge in [-0.1, -0.05) is 18.2 Å². The maximum absolute atomic E-state index is 4.63. The number of aromatic nitrogens is 4. The molecular weight excluding hydrogens is 336 g/mol. The summed E-state index contributed by atoms with van der Waals surface area (Å²) in [5.74, 6) is 0.584. The maximum atomic E-state index is 4.63. The third kappa shape index (κ3) is 4.07. The van der Waals surface area contributed by atoms with Crippen molar-refractivity contribution >= 4 is 22.5 Å². The highest BCUT2D eigenvalue weighted by Crippen LogP contribution is 2.23. The van der Waals surface area contributed by atoms with E-state index >= 15 is 0 Å². The minimum Gasteiger partial charge on any atom is -0.324 e. The number of nitrogens with one attached hydrogen (secondary N) is 1. The minimum atomic E-state index is 0.584. The van der Waals surface area contributed by atoms with Gasteiger partial charge < -0.3 is 10.2 Å². The lowest BCUT2D eigenvalue weighted by molar-refractivity contribution is 0.402. The van der Waals surface area contributed by atoms with Gasteiger partial charge in [0.05, 0.1) is 5.52 Å². The first kappa shape index (κ1) is 17.1. The number of fused-ring (bicyclic) bond motifs is 1. The zero-order chi connectivity index (χ0) is 18.6. The Bertz CT molecular complexity index is 1060. The molecule has 2 aromatic heterocycles. The molecule has 134 valence electrons. The first-order valence-electron chi connectivity index (χ1n) is 8.70. The smallest absolute Gasteiger partial charge is 0.227 e. The average Bonchev–Trinajstić information content (AvgIpc) is 2.68. The largest absolute Gasteiger partial charge is 0.324 e. The van der Waals surface area contributed by atoms with E-state index in [2.05, 4.69) is 62.4 Å². The lowest BCUT2D eigenvalue weighted by Gasteiger charge is -2.11. The van der Waals surface area contributed by atoms with E-state index in [4.69, 9.17) is 0 Å². The molecule has 0 aliphatic heterocycles. The predicted octanol–water partition coefficient (Wildman–Crippen LogP) is 3.89. The van der Waals surface area contributed by atoms with Crippen LogP contribution in [0.3, 0.4) is 0 Å². The van der Waals surface area contributed by atoms with Crippen LogP contribution in [0.5, 0.6) is 0 Å². The topological polar surface area (TPSA) is 66.8 Å². The molecule has 2 heterocycles. The van der Waals surface area contributed by atoms with Gasteiger partial charge in [-0.25, -0.2) is 19.9 Å². The van der Waals surface area contributed by atoms with Crippen LogP contribution in [0.4, 0.5) is 11.6 Å². The van der Waals surface area contributed by atoms with E-state index in [0.717, 1.165) is 34.3 Å². The molecule has 1 N–H and O–H groups in total. The van der Waals surface area contributed by atoms with Gasteiger partial charge in [-0.2, -0.15) is 0 Å². The SMILES string of the molecule is CN(C)Cc1cccc(Nc2ncc3cc(-c4cncnc4)ccc3n2)c1. The molecule has 0 unspecified atom stereocenters. The van der Waals surface area contributed by atoms with E-state index in [1.165, 1.54) is 11.9 Å². The summed E-state index contributed by atoms with van der Waals surface area (Å²) in [6.45, 7) is 0.889. The maximum Gasteiger partial charge on any atom is 0.227 e. The molecular formula is C21H20N6. The first-order chi connectivity index (χ1) is 13.2. The second-order valence-corrected chi connectivity index (χ2v) is 6.66. The Morgan fingerprint density at radius 1 is 0.926 bits per heavy atom. The van der Waals surface area contributed by atoms with Crippen molar-refractivity contribution in [2.45, 2.75) is 6.54 Å². The molecule has 0 spiro atoms. The lowest BCUT2D eigenvalue weighted by atomic mass is 10.1. The van der Waals surface area contributed by atoms with Crippen LogP contribution in [-0.4, -0.2) is 38.9 Å². The Morgan fingerprint density at radius 3 is 2.59 bits per heavy atom. The third-order valence-corrected chi connectivity index (χ3v) is 4.16. The molecule has 0 aliphatic rings. The van der Waals surface area contributed by atoms with Gasteiger partial charge in [-0.15, -0.1) is 0 Å². The minimum absolute atomic E-state index is 0.584. The van der Waals surface area contributed by atoms with Crippen molar-refractivity contribution in [3.8, 4) is 11.1 Å². The van der Waals surface area contributed by atoms with Gasteiger partial charge in [0.2, 0.25) is 5.95 Å². The molecule has 4 rings (SSSR count). The van der Waals surface area contributed by atoms with Crippen molar-refractivity contribution in [3.63, 3.8) is 0 Å². The highest BCUT2D eigenvalue weighted by molar-refractivity contribution is 5.84. The van der Waals surface area contributed by atoms with Crippen molar-refractivity contribution in [2.24, 2.45) is 0 Å². The lowest BCUT2D eigenvalue weighted by Crippen LogP contribution is -2.10. The quantitative estimate of drug-likeness (QED) is 0.585.